The van der Waals surface area contributed by atoms with E-state index in [0.29, 0.717) is 29.8 Å². The van der Waals surface area contributed by atoms with Crippen LogP contribution in [0.4, 0.5) is 16.2 Å². The minimum absolute atomic E-state index is 0.118. The molecule has 0 aliphatic rings. The van der Waals surface area contributed by atoms with Gasteiger partial charge < -0.3 is 15.4 Å². The summed E-state index contributed by atoms with van der Waals surface area (Å²) in [5, 5.41) is 14.4. The number of amides is 3. The number of anilines is 2. The zero-order chi connectivity index (χ0) is 25.3. The van der Waals surface area contributed by atoms with E-state index in [4.69, 9.17) is 10.00 Å². The third kappa shape index (κ3) is 7.34. The molecule has 0 saturated carbocycles. The second-order valence-corrected chi connectivity index (χ2v) is 8.24. The molecule has 0 bridgehead atoms. The zero-order valence-electron chi connectivity index (χ0n) is 20.4. The Labute approximate surface area is 200 Å². The van der Waals surface area contributed by atoms with Crippen LogP contribution in [0.5, 0.6) is 0 Å². The number of aryl methyl sites for hydroxylation is 3. The molecule has 0 spiro atoms. The minimum atomic E-state index is -0.494. The largest absolute Gasteiger partial charge is 0.465 e. The average Bonchev–Trinajstić information content (AvgIpc) is 2.80. The van der Waals surface area contributed by atoms with Crippen molar-refractivity contribution in [2.75, 3.05) is 23.4 Å². The van der Waals surface area contributed by atoms with Gasteiger partial charge in [0.15, 0.2) is 0 Å². The molecule has 0 aliphatic heterocycles. The van der Waals surface area contributed by atoms with E-state index in [9.17, 15) is 14.4 Å². The predicted octanol–water partition coefficient (Wildman–Crippen LogP) is 4.23. The van der Waals surface area contributed by atoms with Gasteiger partial charge in [0.25, 0.3) is 0 Å². The summed E-state index contributed by atoms with van der Waals surface area (Å²) in [4.78, 5) is 38.5. The van der Waals surface area contributed by atoms with Crippen molar-refractivity contribution in [2.24, 2.45) is 0 Å². The molecule has 8 nitrogen and oxygen atoms in total. The predicted molar refractivity (Wildman–Crippen MR) is 132 cm³/mol. The Balaban J connectivity index is 2.09. The van der Waals surface area contributed by atoms with Crippen LogP contribution in [0, 0.1) is 25.2 Å². The molecule has 0 heterocycles. The summed E-state index contributed by atoms with van der Waals surface area (Å²) < 4.78 is 4.87. The number of nitriles is 1. The van der Waals surface area contributed by atoms with Crippen LogP contribution >= 0.6 is 0 Å². The number of ether oxygens (including phenoxy) is 1. The molecule has 0 radical (unpaired) electrons. The Kier molecular flexibility index (Phi) is 9.62. The van der Waals surface area contributed by atoms with Crippen molar-refractivity contribution < 1.29 is 19.1 Å². The Morgan fingerprint density at radius 2 is 1.76 bits per heavy atom. The van der Waals surface area contributed by atoms with Crippen LogP contribution < -0.4 is 15.5 Å². The minimum Gasteiger partial charge on any atom is -0.465 e. The first-order chi connectivity index (χ1) is 16.2. The lowest BCUT2D eigenvalue weighted by molar-refractivity contribution is -0.141. The van der Waals surface area contributed by atoms with Gasteiger partial charge in [-0.2, -0.15) is 5.26 Å². The fraction of sp³-hybridized carbons (Fsp3) is 0.385. The van der Waals surface area contributed by atoms with Crippen molar-refractivity contribution in [3.05, 3.63) is 58.7 Å². The molecule has 0 saturated heterocycles. The Morgan fingerprint density at radius 1 is 1.09 bits per heavy atom. The van der Waals surface area contributed by atoms with Gasteiger partial charge in [-0.05, 0) is 82.0 Å². The van der Waals surface area contributed by atoms with Gasteiger partial charge in [0, 0.05) is 23.8 Å². The molecule has 2 rings (SSSR count). The van der Waals surface area contributed by atoms with Crippen LogP contribution in [0.3, 0.4) is 0 Å². The van der Waals surface area contributed by atoms with E-state index < -0.39 is 12.0 Å². The second kappa shape index (κ2) is 12.4. The first-order valence-corrected chi connectivity index (χ1v) is 11.3. The molecule has 0 aromatic heterocycles. The molecule has 0 unspecified atom stereocenters. The van der Waals surface area contributed by atoms with Gasteiger partial charge in [-0.25, -0.2) is 4.79 Å². The monoisotopic (exact) mass is 464 g/mol. The van der Waals surface area contributed by atoms with Crippen molar-refractivity contribution in [1.29, 1.82) is 5.26 Å². The molecule has 3 amide bonds. The van der Waals surface area contributed by atoms with Gasteiger partial charge >= 0.3 is 12.0 Å². The highest BCUT2D eigenvalue weighted by Crippen LogP contribution is 2.29. The van der Waals surface area contributed by atoms with Crippen LogP contribution in [-0.4, -0.2) is 37.1 Å². The highest BCUT2D eigenvalue weighted by Gasteiger charge is 2.22. The first kappa shape index (κ1) is 26.4. The van der Waals surface area contributed by atoms with Gasteiger partial charge in [0.1, 0.15) is 6.54 Å². The molecule has 180 valence electrons. The average molecular weight is 465 g/mol. The zero-order valence-corrected chi connectivity index (χ0v) is 20.4. The number of rotatable bonds is 9. The van der Waals surface area contributed by atoms with Crippen LogP contribution in [0.25, 0.3) is 0 Å². The standard InChI is InChI=1S/C26H32N4O4/c1-6-34-25(32)16-28-26(33)30(17(2)3)23-14-18(4)22(13-19(23)5)29-24(31)12-11-20-7-9-21(15-27)10-8-20/h7-10,13-14,17H,6,11-12,16H2,1-5H3,(H,28,33)(H,29,31). The molecule has 34 heavy (non-hydrogen) atoms. The maximum atomic E-state index is 12.8. The molecule has 0 fully saturated rings. The number of hydrogen-bond donors (Lipinski definition) is 2. The van der Waals surface area contributed by atoms with Crippen molar-refractivity contribution in [3.8, 4) is 6.07 Å². The molecule has 8 heteroatoms. The van der Waals surface area contributed by atoms with E-state index in [1.54, 1.807) is 24.0 Å². The van der Waals surface area contributed by atoms with Crippen LogP contribution in [-0.2, 0) is 20.7 Å². The van der Waals surface area contributed by atoms with Gasteiger partial charge in [-0.15, -0.1) is 0 Å². The summed E-state index contributed by atoms with van der Waals surface area (Å²) in [5.41, 5.74) is 4.58. The third-order valence-electron chi connectivity index (χ3n) is 5.22. The number of benzene rings is 2. The maximum Gasteiger partial charge on any atom is 0.325 e. The van der Waals surface area contributed by atoms with Crippen molar-refractivity contribution in [1.82, 2.24) is 5.32 Å². The topological polar surface area (TPSA) is 112 Å². The maximum absolute atomic E-state index is 12.8. The van der Waals surface area contributed by atoms with Gasteiger partial charge in [0.2, 0.25) is 5.91 Å². The van der Waals surface area contributed by atoms with E-state index in [1.165, 1.54) is 0 Å². The van der Waals surface area contributed by atoms with Gasteiger partial charge in [0.05, 0.1) is 18.2 Å². The molecular weight excluding hydrogens is 432 g/mol. The van der Waals surface area contributed by atoms with E-state index in [0.717, 1.165) is 16.7 Å². The van der Waals surface area contributed by atoms with Crippen LogP contribution in [0.15, 0.2) is 36.4 Å². The smallest absolute Gasteiger partial charge is 0.325 e. The fourth-order valence-corrected chi connectivity index (χ4v) is 3.48. The summed E-state index contributed by atoms with van der Waals surface area (Å²) in [7, 11) is 0. The summed E-state index contributed by atoms with van der Waals surface area (Å²) >= 11 is 0. The molecule has 0 aliphatic carbocycles. The lowest BCUT2D eigenvalue weighted by Crippen LogP contribution is -2.46. The Hall–Kier alpha value is -3.86. The lowest BCUT2D eigenvalue weighted by atomic mass is 10.1. The third-order valence-corrected chi connectivity index (χ3v) is 5.22. The van der Waals surface area contributed by atoms with E-state index in [1.807, 2.05) is 52.0 Å². The lowest BCUT2D eigenvalue weighted by Gasteiger charge is -2.29. The first-order valence-electron chi connectivity index (χ1n) is 11.3. The highest BCUT2D eigenvalue weighted by atomic mass is 16.5. The normalized spacial score (nSPS) is 10.4. The molecule has 2 aromatic rings. The second-order valence-electron chi connectivity index (χ2n) is 8.24. The molecule has 2 aromatic carbocycles. The number of carbonyl (C=O) groups is 3. The summed E-state index contributed by atoms with van der Waals surface area (Å²) in [6.07, 6.45) is 0.871. The quantitative estimate of drug-likeness (QED) is 0.539. The van der Waals surface area contributed by atoms with Gasteiger partial charge in [-0.1, -0.05) is 12.1 Å². The number of esters is 1. The number of carbonyl (C=O) groups excluding carboxylic acids is 3. The number of urea groups is 1. The number of hydrogen-bond acceptors (Lipinski definition) is 5. The fourth-order valence-electron chi connectivity index (χ4n) is 3.48. The number of nitrogens with zero attached hydrogens (tertiary/aromatic N) is 2. The van der Waals surface area contributed by atoms with E-state index in [2.05, 4.69) is 16.7 Å². The molecule has 2 N–H and O–H groups in total. The summed E-state index contributed by atoms with van der Waals surface area (Å²) in [6, 6.07) is 12.4. The molecule has 0 atom stereocenters. The van der Waals surface area contributed by atoms with Gasteiger partial charge in [-0.3, -0.25) is 14.5 Å². The summed E-state index contributed by atoms with van der Waals surface area (Å²) in [6.45, 7) is 9.26. The number of nitrogens with one attached hydrogen (secondary N) is 2. The SMILES string of the molecule is CCOC(=O)CNC(=O)N(c1cc(C)c(NC(=O)CCc2ccc(C#N)cc2)cc1C)C(C)C. The van der Waals surface area contributed by atoms with Crippen molar-refractivity contribution in [2.45, 2.75) is 53.5 Å². The van der Waals surface area contributed by atoms with Crippen LogP contribution in [0.2, 0.25) is 0 Å². The summed E-state index contributed by atoms with van der Waals surface area (Å²) in [5.74, 6) is -0.612. The highest BCUT2D eigenvalue weighted by molar-refractivity contribution is 5.96. The van der Waals surface area contributed by atoms with Crippen molar-refractivity contribution >= 4 is 29.3 Å². The van der Waals surface area contributed by atoms with Crippen LogP contribution in [0.1, 0.15) is 49.4 Å². The van der Waals surface area contributed by atoms with E-state index in [-0.39, 0.29) is 25.1 Å². The van der Waals surface area contributed by atoms with Crippen molar-refractivity contribution in [3.63, 3.8) is 0 Å². The Morgan fingerprint density at radius 3 is 2.35 bits per heavy atom. The Bertz CT molecular complexity index is 1070. The molecular formula is C26H32N4O4. The van der Waals surface area contributed by atoms with E-state index >= 15 is 0 Å².